The van der Waals surface area contributed by atoms with Gasteiger partial charge in [-0.15, -0.1) is 0 Å². The topological polar surface area (TPSA) is 100 Å². The van der Waals surface area contributed by atoms with E-state index >= 15 is 0 Å². The third-order valence-electron chi connectivity index (χ3n) is 5.11. The van der Waals surface area contributed by atoms with Crippen LogP contribution in [0.5, 0.6) is 5.75 Å². The number of hydrogen-bond donors (Lipinski definition) is 1. The molecule has 1 radical (unpaired) electrons. The molecule has 0 saturated heterocycles. The normalized spacial score (nSPS) is 9.97. The number of carboxylic acid groups (broad SMARTS) is 2. The Labute approximate surface area is 199 Å². The van der Waals surface area contributed by atoms with Crippen LogP contribution in [0.3, 0.4) is 0 Å². The van der Waals surface area contributed by atoms with Crippen LogP contribution >= 0.6 is 0 Å². The second-order valence-electron chi connectivity index (χ2n) is 7.88. The van der Waals surface area contributed by atoms with Crippen molar-refractivity contribution in [2.24, 2.45) is 0 Å². The van der Waals surface area contributed by atoms with Crippen LogP contribution in [-0.2, 0) is 4.79 Å². The molecule has 1 rings (SSSR count). The third-order valence-corrected chi connectivity index (χ3v) is 5.11. The molecular formula is C25H40AlO5. The molecule has 0 atom stereocenters. The Morgan fingerprint density at radius 3 is 1.42 bits per heavy atom. The van der Waals surface area contributed by atoms with Crippen LogP contribution in [0.2, 0.25) is 0 Å². The molecule has 0 spiro atoms. The fourth-order valence-electron chi connectivity index (χ4n) is 3.29. The summed E-state index contributed by atoms with van der Waals surface area (Å²) in [5.41, 5.74) is -0.178. The van der Waals surface area contributed by atoms with Crippen molar-refractivity contribution in [1.82, 2.24) is 0 Å². The Bertz CT molecular complexity index is 563. The number of carboxylic acids is 2. The average molecular weight is 448 g/mol. The van der Waals surface area contributed by atoms with Crippen molar-refractivity contribution in [2.75, 3.05) is 0 Å². The molecule has 6 heteroatoms. The number of carbonyl (C=O) groups is 2. The van der Waals surface area contributed by atoms with Gasteiger partial charge in [-0.05, 0) is 25.0 Å². The van der Waals surface area contributed by atoms with Gasteiger partial charge in [-0.3, -0.25) is 0 Å². The Balaban J connectivity index is 0. The first-order valence-electron chi connectivity index (χ1n) is 11.7. The standard InChI is InChI=1S/C18H36O2.C7H6O3.Al/c1-2-3-4-5-6-7-8-9-10-11-12-13-14-15-16-17-18(19)20;8-6-4-2-1-3-5(6)7(9)10;/h2-17H2,1H3,(H,19,20);1-4,8H,(H,9,10);/q;;+2/p-2. The Morgan fingerprint density at radius 1 is 0.710 bits per heavy atom. The summed E-state index contributed by atoms with van der Waals surface area (Å²) in [6.07, 6.45) is 19.9. The molecule has 0 aliphatic carbocycles. The van der Waals surface area contributed by atoms with Crippen LogP contribution < -0.4 is 10.2 Å². The molecule has 1 aromatic carbocycles. The van der Waals surface area contributed by atoms with Crippen LogP contribution in [0.25, 0.3) is 0 Å². The molecule has 1 aromatic rings. The number of unbranched alkanes of at least 4 members (excludes halogenated alkanes) is 14. The van der Waals surface area contributed by atoms with Gasteiger partial charge in [-0.2, -0.15) is 0 Å². The molecule has 0 fully saturated rings. The maximum absolute atomic E-state index is 10.2. The predicted octanol–water partition coefficient (Wildman–Crippen LogP) is 4.37. The zero-order chi connectivity index (χ0) is 22.5. The molecule has 0 aliphatic heterocycles. The van der Waals surface area contributed by atoms with Gasteiger partial charge in [0.25, 0.3) is 0 Å². The molecule has 0 saturated carbocycles. The Kier molecular flexibility index (Phi) is 23.7. The maximum atomic E-state index is 10.2. The number of aromatic carboxylic acids is 1. The quantitative estimate of drug-likeness (QED) is 0.282. The first-order valence-corrected chi connectivity index (χ1v) is 11.7. The van der Waals surface area contributed by atoms with Crippen molar-refractivity contribution in [3.05, 3.63) is 29.8 Å². The van der Waals surface area contributed by atoms with Crippen LogP contribution in [0.15, 0.2) is 24.3 Å². The second kappa shape index (κ2) is 23.2. The van der Waals surface area contributed by atoms with Gasteiger partial charge in [0.1, 0.15) is 5.75 Å². The minimum Gasteiger partial charge on any atom is -0.550 e. The largest absolute Gasteiger partial charge is 2.00 e. The summed E-state index contributed by atoms with van der Waals surface area (Å²) in [4.78, 5) is 20.4. The van der Waals surface area contributed by atoms with Gasteiger partial charge in [0.2, 0.25) is 0 Å². The van der Waals surface area contributed by atoms with Crippen LogP contribution in [0.1, 0.15) is 120 Å². The summed E-state index contributed by atoms with van der Waals surface area (Å²) in [6.45, 7) is 2.27. The third kappa shape index (κ3) is 21.5. The number of phenols is 1. The van der Waals surface area contributed by atoms with E-state index in [1.807, 2.05) is 0 Å². The van der Waals surface area contributed by atoms with E-state index in [-0.39, 0.29) is 35.1 Å². The summed E-state index contributed by atoms with van der Waals surface area (Å²) >= 11 is 0. The van der Waals surface area contributed by atoms with E-state index < -0.39 is 11.9 Å². The van der Waals surface area contributed by atoms with Gasteiger partial charge >= 0.3 is 17.4 Å². The molecule has 31 heavy (non-hydrogen) atoms. The molecule has 0 bridgehead atoms. The molecule has 0 aliphatic rings. The van der Waals surface area contributed by atoms with E-state index in [9.17, 15) is 19.8 Å². The van der Waals surface area contributed by atoms with Crippen molar-refractivity contribution >= 4 is 29.3 Å². The number of aliphatic carboxylic acids is 1. The summed E-state index contributed by atoms with van der Waals surface area (Å²) < 4.78 is 0. The molecule has 0 amide bonds. The van der Waals surface area contributed by atoms with Crippen molar-refractivity contribution in [1.29, 1.82) is 0 Å². The number of aromatic hydroxyl groups is 1. The minimum atomic E-state index is -1.36. The zero-order valence-corrected chi connectivity index (χ0v) is 20.4. The van der Waals surface area contributed by atoms with Crippen LogP contribution in [0.4, 0.5) is 0 Å². The zero-order valence-electron chi connectivity index (χ0n) is 19.3. The Hall–Kier alpha value is -1.51. The molecule has 1 N–H and O–H groups in total. The van der Waals surface area contributed by atoms with E-state index in [2.05, 4.69) is 6.92 Å². The second-order valence-corrected chi connectivity index (χ2v) is 7.88. The molecule has 5 nitrogen and oxygen atoms in total. The first-order chi connectivity index (χ1) is 14.5. The van der Waals surface area contributed by atoms with E-state index in [4.69, 9.17) is 5.11 Å². The van der Waals surface area contributed by atoms with Gasteiger partial charge in [-0.25, -0.2) is 0 Å². The summed E-state index contributed by atoms with van der Waals surface area (Å²) in [5, 5.41) is 29.2. The minimum absolute atomic E-state index is 0. The molecule has 173 valence electrons. The van der Waals surface area contributed by atoms with Gasteiger partial charge in [0.15, 0.2) is 0 Å². The van der Waals surface area contributed by atoms with E-state index in [0.717, 1.165) is 12.8 Å². The van der Waals surface area contributed by atoms with Gasteiger partial charge in [-0.1, -0.05) is 109 Å². The monoisotopic (exact) mass is 447 g/mol. The van der Waals surface area contributed by atoms with Gasteiger partial charge in [0, 0.05) is 11.5 Å². The van der Waals surface area contributed by atoms with Crippen molar-refractivity contribution in [3.63, 3.8) is 0 Å². The summed E-state index contributed by atoms with van der Waals surface area (Å²) in [6, 6.07) is 5.64. The molecule has 0 aromatic heterocycles. The maximum Gasteiger partial charge on any atom is 2.00 e. The first kappa shape index (κ1) is 31.7. The van der Waals surface area contributed by atoms with Crippen molar-refractivity contribution in [2.45, 2.75) is 110 Å². The SMILES string of the molecule is CCCCCCCCCCCCCCCCCC(=O)[O-].O=C([O-])c1ccccc1O.[Al+2]. The van der Waals surface area contributed by atoms with E-state index in [0.29, 0.717) is 0 Å². The van der Waals surface area contributed by atoms with Crippen molar-refractivity contribution in [3.8, 4) is 5.75 Å². The fourth-order valence-corrected chi connectivity index (χ4v) is 3.29. The van der Waals surface area contributed by atoms with Gasteiger partial charge in [0.05, 0.1) is 5.97 Å². The average Bonchev–Trinajstić information content (AvgIpc) is 2.71. The van der Waals surface area contributed by atoms with Gasteiger partial charge < -0.3 is 24.9 Å². The van der Waals surface area contributed by atoms with Crippen LogP contribution in [-0.4, -0.2) is 34.4 Å². The smallest absolute Gasteiger partial charge is 0.550 e. The molecule has 0 heterocycles. The predicted molar refractivity (Wildman–Crippen MR) is 123 cm³/mol. The number of hydrogen-bond acceptors (Lipinski definition) is 5. The fraction of sp³-hybridized carbons (Fsp3) is 0.680. The summed E-state index contributed by atoms with van der Waals surface area (Å²) in [5.74, 6) is -2.53. The number of carbonyl (C=O) groups excluding carboxylic acids is 2. The number of rotatable bonds is 17. The molecular weight excluding hydrogens is 407 g/mol. The Morgan fingerprint density at radius 2 is 1.10 bits per heavy atom. The summed E-state index contributed by atoms with van der Waals surface area (Å²) in [7, 11) is 0. The van der Waals surface area contributed by atoms with E-state index in [1.165, 1.54) is 102 Å². The van der Waals surface area contributed by atoms with Crippen molar-refractivity contribution < 1.29 is 24.9 Å². The van der Waals surface area contributed by atoms with E-state index in [1.54, 1.807) is 6.07 Å². The number of para-hydroxylation sites is 1. The number of benzene rings is 1. The molecule has 0 unspecified atom stereocenters. The van der Waals surface area contributed by atoms with Crippen LogP contribution in [0, 0.1) is 0 Å².